The molecule has 2 aliphatic rings. The van der Waals surface area contributed by atoms with Gasteiger partial charge in [0.1, 0.15) is 6.04 Å². The van der Waals surface area contributed by atoms with E-state index in [2.05, 4.69) is 21.4 Å². The Hall–Kier alpha value is -2.71. The first-order valence-corrected chi connectivity index (χ1v) is 11.6. The van der Waals surface area contributed by atoms with Gasteiger partial charge in [0.15, 0.2) is 0 Å². The van der Waals surface area contributed by atoms with Gasteiger partial charge >= 0.3 is 0 Å². The third kappa shape index (κ3) is 3.75. The summed E-state index contributed by atoms with van der Waals surface area (Å²) in [6, 6.07) is 18.9. The minimum atomic E-state index is -1.03. The highest BCUT2D eigenvalue weighted by molar-refractivity contribution is 9.10. The Bertz CT molecular complexity index is 1280. The molecule has 3 amide bonds. The van der Waals surface area contributed by atoms with Crippen molar-refractivity contribution in [1.29, 1.82) is 0 Å². The molecule has 2 aliphatic heterocycles. The Labute approximate surface area is 208 Å². The maximum Gasteiger partial charge on any atom is 0.268 e. The zero-order valence-corrected chi connectivity index (χ0v) is 20.0. The highest BCUT2D eigenvalue weighted by Crippen LogP contribution is 2.43. The van der Waals surface area contributed by atoms with Gasteiger partial charge in [-0.2, -0.15) is 0 Å². The molecule has 0 aliphatic carbocycles. The highest BCUT2D eigenvalue weighted by atomic mass is 79.9. The number of anilines is 1. The van der Waals surface area contributed by atoms with Crippen LogP contribution in [-0.4, -0.2) is 28.8 Å². The summed E-state index contributed by atoms with van der Waals surface area (Å²) >= 11 is 15.7. The van der Waals surface area contributed by atoms with Gasteiger partial charge in [-0.15, -0.1) is 0 Å². The molecule has 2 saturated heterocycles. The van der Waals surface area contributed by atoms with Crippen LogP contribution in [-0.2, 0) is 9.59 Å². The fourth-order valence-corrected chi connectivity index (χ4v) is 5.10. The topological polar surface area (TPSA) is 69.7 Å². The van der Waals surface area contributed by atoms with Crippen LogP contribution in [0.2, 0.25) is 10.0 Å². The number of para-hydroxylation sites is 1. The molecule has 0 aromatic heterocycles. The second-order valence-corrected chi connectivity index (χ2v) is 9.54. The summed E-state index contributed by atoms with van der Waals surface area (Å²) in [5.41, 5.74) is 4.53. The molecule has 6 nitrogen and oxygen atoms in total. The Balaban J connectivity index is 1.60. The number of hydrazine groups is 1. The van der Waals surface area contributed by atoms with Gasteiger partial charge in [-0.05, 0) is 48.0 Å². The lowest BCUT2D eigenvalue weighted by atomic mass is 9.91. The molecule has 9 heteroatoms. The molecule has 1 N–H and O–H groups in total. The van der Waals surface area contributed by atoms with Crippen LogP contribution in [0, 0.1) is 5.92 Å². The van der Waals surface area contributed by atoms with Gasteiger partial charge in [-0.3, -0.25) is 19.4 Å². The predicted molar refractivity (Wildman–Crippen MR) is 129 cm³/mol. The van der Waals surface area contributed by atoms with E-state index in [9.17, 15) is 14.4 Å². The van der Waals surface area contributed by atoms with Crippen LogP contribution in [0.25, 0.3) is 0 Å². The van der Waals surface area contributed by atoms with E-state index in [1.54, 1.807) is 72.8 Å². The summed E-state index contributed by atoms with van der Waals surface area (Å²) in [5.74, 6) is -2.17. The molecule has 2 heterocycles. The Morgan fingerprint density at radius 1 is 0.909 bits per heavy atom. The number of amides is 3. The van der Waals surface area contributed by atoms with Crippen LogP contribution >= 0.6 is 39.1 Å². The van der Waals surface area contributed by atoms with E-state index in [4.69, 9.17) is 23.2 Å². The number of carbonyl (C=O) groups excluding carboxylic acids is 3. The SMILES string of the molecule is O=C1[C@H]2[C@@H](C(=O)N1c1ccccc1Cl)N(C(=O)c1cccc(Br)c1)N[C@H]2c1ccc(Cl)cc1. The van der Waals surface area contributed by atoms with E-state index < -0.39 is 35.7 Å². The molecule has 0 bridgehead atoms. The molecule has 3 aromatic carbocycles. The molecule has 33 heavy (non-hydrogen) atoms. The van der Waals surface area contributed by atoms with Crippen LogP contribution < -0.4 is 10.3 Å². The minimum absolute atomic E-state index is 0.278. The standard InChI is InChI=1S/C24H16BrCl2N3O3/c25-15-5-3-4-14(12-15)22(31)30-21-19(20(28-30)13-8-10-16(26)11-9-13)23(32)29(24(21)33)18-7-2-1-6-17(18)27/h1-12,19-21,28H/t19-,20+,21+/m1/s1. The number of fused-ring (bicyclic) bond motifs is 1. The van der Waals surface area contributed by atoms with Gasteiger partial charge in [-0.25, -0.2) is 10.3 Å². The predicted octanol–water partition coefficient (Wildman–Crippen LogP) is 5.02. The maximum absolute atomic E-state index is 13.6. The molecule has 0 saturated carbocycles. The largest absolute Gasteiger partial charge is 0.274 e. The lowest BCUT2D eigenvalue weighted by Crippen LogP contribution is -2.48. The first-order valence-electron chi connectivity index (χ1n) is 10.1. The molecule has 0 unspecified atom stereocenters. The average molecular weight is 545 g/mol. The van der Waals surface area contributed by atoms with Gasteiger partial charge in [0.05, 0.1) is 22.7 Å². The lowest BCUT2D eigenvalue weighted by Gasteiger charge is -2.25. The second kappa shape index (κ2) is 8.57. The van der Waals surface area contributed by atoms with E-state index in [1.165, 1.54) is 5.01 Å². The van der Waals surface area contributed by atoms with Gasteiger partial charge < -0.3 is 0 Å². The number of imide groups is 1. The van der Waals surface area contributed by atoms with Crippen molar-refractivity contribution in [2.45, 2.75) is 12.1 Å². The molecule has 166 valence electrons. The number of rotatable bonds is 3. The van der Waals surface area contributed by atoms with Crippen LogP contribution in [0.3, 0.4) is 0 Å². The summed E-state index contributed by atoms with van der Waals surface area (Å²) < 4.78 is 0.727. The Morgan fingerprint density at radius 2 is 1.64 bits per heavy atom. The Kier molecular flexibility index (Phi) is 5.74. The molecular formula is C24H16BrCl2N3O3. The first-order chi connectivity index (χ1) is 15.9. The summed E-state index contributed by atoms with van der Waals surface area (Å²) in [6.07, 6.45) is 0. The number of nitrogens with zero attached hydrogens (tertiary/aromatic N) is 2. The number of nitrogens with one attached hydrogen (secondary N) is 1. The number of benzene rings is 3. The van der Waals surface area contributed by atoms with Crippen molar-refractivity contribution in [2.75, 3.05) is 4.90 Å². The average Bonchev–Trinajstić information content (AvgIpc) is 3.31. The van der Waals surface area contributed by atoms with Gasteiger partial charge in [0, 0.05) is 15.1 Å². The van der Waals surface area contributed by atoms with Crippen LogP contribution in [0.4, 0.5) is 5.69 Å². The lowest BCUT2D eigenvalue weighted by molar-refractivity contribution is -0.123. The summed E-state index contributed by atoms with van der Waals surface area (Å²) in [7, 11) is 0. The first kappa shape index (κ1) is 22.1. The van der Waals surface area contributed by atoms with Crippen molar-refractivity contribution in [3.8, 4) is 0 Å². The summed E-state index contributed by atoms with van der Waals surface area (Å²) in [4.78, 5) is 41.7. The molecule has 5 rings (SSSR count). The molecular weight excluding hydrogens is 529 g/mol. The van der Waals surface area contributed by atoms with Crippen molar-refractivity contribution >= 4 is 62.5 Å². The molecule has 3 aromatic rings. The van der Waals surface area contributed by atoms with Crippen molar-refractivity contribution in [1.82, 2.24) is 10.4 Å². The fourth-order valence-electron chi connectivity index (χ4n) is 4.35. The van der Waals surface area contributed by atoms with Gasteiger partial charge in [-0.1, -0.05) is 69.5 Å². The van der Waals surface area contributed by atoms with E-state index in [1.807, 2.05) is 0 Å². The van der Waals surface area contributed by atoms with Crippen LogP contribution in [0.1, 0.15) is 22.0 Å². The summed E-state index contributed by atoms with van der Waals surface area (Å²) in [5, 5.41) is 2.09. The number of hydrogen-bond donors (Lipinski definition) is 1. The third-order valence-electron chi connectivity index (χ3n) is 5.85. The monoisotopic (exact) mass is 543 g/mol. The van der Waals surface area contributed by atoms with Crippen molar-refractivity contribution in [3.63, 3.8) is 0 Å². The molecule has 0 radical (unpaired) electrons. The Morgan fingerprint density at radius 3 is 2.33 bits per heavy atom. The molecule has 3 atom stereocenters. The quantitative estimate of drug-likeness (QED) is 0.470. The zero-order chi connectivity index (χ0) is 23.3. The summed E-state index contributed by atoms with van der Waals surface area (Å²) in [6.45, 7) is 0. The van der Waals surface area contributed by atoms with Crippen molar-refractivity contribution in [3.05, 3.63) is 98.4 Å². The minimum Gasteiger partial charge on any atom is -0.274 e. The van der Waals surface area contributed by atoms with Crippen molar-refractivity contribution in [2.24, 2.45) is 5.92 Å². The van der Waals surface area contributed by atoms with E-state index in [0.717, 1.165) is 14.9 Å². The number of hydrogen-bond acceptors (Lipinski definition) is 4. The van der Waals surface area contributed by atoms with Crippen LogP contribution in [0.15, 0.2) is 77.3 Å². The molecule has 0 spiro atoms. The van der Waals surface area contributed by atoms with E-state index in [0.29, 0.717) is 16.3 Å². The van der Waals surface area contributed by atoms with E-state index in [-0.39, 0.29) is 5.02 Å². The third-order valence-corrected chi connectivity index (χ3v) is 6.91. The van der Waals surface area contributed by atoms with Gasteiger partial charge in [0.2, 0.25) is 5.91 Å². The number of carbonyl (C=O) groups is 3. The molecule has 2 fully saturated rings. The zero-order valence-electron chi connectivity index (χ0n) is 16.9. The second-order valence-electron chi connectivity index (χ2n) is 7.78. The smallest absolute Gasteiger partial charge is 0.268 e. The maximum atomic E-state index is 13.6. The van der Waals surface area contributed by atoms with Crippen molar-refractivity contribution < 1.29 is 14.4 Å². The van der Waals surface area contributed by atoms with Gasteiger partial charge in [0.25, 0.3) is 11.8 Å². The van der Waals surface area contributed by atoms with Crippen LogP contribution in [0.5, 0.6) is 0 Å². The van der Waals surface area contributed by atoms with E-state index >= 15 is 0 Å². The highest BCUT2D eigenvalue weighted by Gasteiger charge is 2.60. The normalized spacial score (nSPS) is 22.1. The fraction of sp³-hybridized carbons (Fsp3) is 0.125. The number of halogens is 3.